The highest BCUT2D eigenvalue weighted by Gasteiger charge is 2.45. The first-order valence-electron chi connectivity index (χ1n) is 10.8. The van der Waals surface area contributed by atoms with Crippen molar-refractivity contribution in [1.82, 2.24) is 13.5 Å². The Morgan fingerprint density at radius 3 is 2.66 bits per heavy atom. The summed E-state index contributed by atoms with van der Waals surface area (Å²) in [7, 11) is -2.70. The lowest BCUT2D eigenvalue weighted by molar-refractivity contribution is 0.0518. The van der Waals surface area contributed by atoms with Crippen molar-refractivity contribution in [3.05, 3.63) is 84.8 Å². The topological polar surface area (TPSA) is 120 Å². The Bertz CT molecular complexity index is 1660. The molecule has 0 fully saturated rings. The standard InChI is InChI=1S/C24H24BrN3O6S/c1-5-34-23(31)19-11-16-7-9-26-22(30)21(16)28(19)35(32,33)24(3)8-6-15(10-14(24)2)17-12-20(29)27(4)13-18(17)25/h6-7,9-13H,5,8H2,1-4H3,(H,26,30). The van der Waals surface area contributed by atoms with Gasteiger partial charge in [0.25, 0.3) is 11.1 Å². The molecule has 0 radical (unpaired) electrons. The summed E-state index contributed by atoms with van der Waals surface area (Å²) in [6.45, 7) is 4.89. The molecule has 1 unspecified atom stereocenters. The Hall–Kier alpha value is -3.18. The lowest BCUT2D eigenvalue weighted by Crippen LogP contribution is -2.43. The largest absolute Gasteiger partial charge is 0.461 e. The van der Waals surface area contributed by atoms with Crippen LogP contribution < -0.4 is 11.1 Å². The van der Waals surface area contributed by atoms with Gasteiger partial charge in [0.1, 0.15) is 16.0 Å². The summed E-state index contributed by atoms with van der Waals surface area (Å²) < 4.78 is 34.9. The molecule has 3 aromatic rings. The Morgan fingerprint density at radius 2 is 2.00 bits per heavy atom. The lowest BCUT2D eigenvalue weighted by Gasteiger charge is -2.33. The molecule has 3 heterocycles. The number of allylic oxidation sites excluding steroid dienone is 3. The third kappa shape index (κ3) is 3.92. The SMILES string of the molecule is CCOC(=O)c1cc2cc[nH]c(=O)c2n1S(=O)(=O)C1(C)CC=C(c2cc(=O)n(C)cc2Br)C=C1C. The molecule has 35 heavy (non-hydrogen) atoms. The maximum Gasteiger partial charge on any atom is 0.356 e. The number of carbonyl (C=O) groups excluding carboxylic acids is 1. The normalized spacial score (nSPS) is 18.3. The predicted octanol–water partition coefficient (Wildman–Crippen LogP) is 3.34. The lowest BCUT2D eigenvalue weighted by atomic mass is 9.88. The second-order valence-electron chi connectivity index (χ2n) is 8.54. The van der Waals surface area contributed by atoms with Crippen LogP contribution in [-0.2, 0) is 21.8 Å². The van der Waals surface area contributed by atoms with Crippen LogP contribution >= 0.6 is 15.9 Å². The molecular formula is C24H24BrN3O6S. The Labute approximate surface area is 209 Å². The van der Waals surface area contributed by atoms with Gasteiger partial charge in [0.15, 0.2) is 0 Å². The Morgan fingerprint density at radius 1 is 1.29 bits per heavy atom. The molecule has 9 nitrogen and oxygen atoms in total. The van der Waals surface area contributed by atoms with Gasteiger partial charge in [-0.3, -0.25) is 9.59 Å². The quantitative estimate of drug-likeness (QED) is 0.477. The number of nitrogens with zero attached hydrogens (tertiary/aromatic N) is 2. The maximum atomic E-state index is 14.2. The Kier molecular flexibility index (Phi) is 6.26. The van der Waals surface area contributed by atoms with Crippen LogP contribution in [0.3, 0.4) is 0 Å². The number of H-pyrrole nitrogens is 1. The number of aromatic amines is 1. The molecule has 0 aromatic carbocycles. The van der Waals surface area contributed by atoms with E-state index in [1.807, 2.05) is 0 Å². The van der Waals surface area contributed by atoms with Crippen molar-refractivity contribution in [3.8, 4) is 0 Å². The third-order valence-electron chi connectivity index (χ3n) is 6.38. The molecule has 4 rings (SSSR count). The highest BCUT2D eigenvalue weighted by molar-refractivity contribution is 9.10. The molecular weight excluding hydrogens is 538 g/mol. The van der Waals surface area contributed by atoms with E-state index in [2.05, 4.69) is 20.9 Å². The fraction of sp³-hybridized carbons (Fsp3) is 0.292. The van der Waals surface area contributed by atoms with Crippen molar-refractivity contribution in [3.63, 3.8) is 0 Å². The molecule has 1 N–H and O–H groups in total. The van der Waals surface area contributed by atoms with Gasteiger partial charge in [-0.2, -0.15) is 0 Å². The number of aromatic nitrogens is 3. The maximum absolute atomic E-state index is 14.2. The first-order chi connectivity index (χ1) is 16.4. The van der Waals surface area contributed by atoms with Crippen LogP contribution in [0, 0.1) is 0 Å². The summed E-state index contributed by atoms with van der Waals surface area (Å²) in [5, 5.41) is 0.307. The van der Waals surface area contributed by atoms with Crippen LogP contribution in [0.2, 0.25) is 0 Å². The molecule has 1 aliphatic rings. The third-order valence-corrected chi connectivity index (χ3v) is 9.50. The van der Waals surface area contributed by atoms with Gasteiger partial charge in [-0.25, -0.2) is 17.2 Å². The van der Waals surface area contributed by atoms with Crippen molar-refractivity contribution in [2.75, 3.05) is 6.61 Å². The zero-order valence-corrected chi connectivity index (χ0v) is 22.0. The molecule has 0 bridgehead atoms. The minimum absolute atomic E-state index is 0.0461. The average Bonchev–Trinajstić information content (AvgIpc) is 3.20. The minimum Gasteiger partial charge on any atom is -0.461 e. The molecule has 0 amide bonds. The highest BCUT2D eigenvalue weighted by Crippen LogP contribution is 2.41. The van der Waals surface area contributed by atoms with E-state index in [4.69, 9.17) is 4.74 Å². The van der Waals surface area contributed by atoms with Gasteiger partial charge in [-0.05, 0) is 66.4 Å². The van der Waals surface area contributed by atoms with Crippen LogP contribution in [0.5, 0.6) is 0 Å². The van der Waals surface area contributed by atoms with Crippen molar-refractivity contribution in [2.45, 2.75) is 31.9 Å². The summed E-state index contributed by atoms with van der Waals surface area (Å²) in [5.74, 6) is -0.840. The van der Waals surface area contributed by atoms with E-state index < -0.39 is 26.3 Å². The highest BCUT2D eigenvalue weighted by atomic mass is 79.9. The molecule has 1 aliphatic carbocycles. The molecule has 0 aliphatic heterocycles. The van der Waals surface area contributed by atoms with Gasteiger partial charge in [-0.15, -0.1) is 0 Å². The number of rotatable bonds is 5. The van der Waals surface area contributed by atoms with E-state index in [0.717, 1.165) is 3.97 Å². The molecule has 184 valence electrons. The first-order valence-corrected chi connectivity index (χ1v) is 13.1. The van der Waals surface area contributed by atoms with Crippen molar-refractivity contribution < 1.29 is 17.9 Å². The van der Waals surface area contributed by atoms with Crippen LogP contribution in [0.15, 0.2) is 62.4 Å². The van der Waals surface area contributed by atoms with E-state index in [-0.39, 0.29) is 29.8 Å². The number of esters is 1. The number of hydrogen-bond donors (Lipinski definition) is 1. The fourth-order valence-corrected chi connectivity index (χ4v) is 6.79. The van der Waals surface area contributed by atoms with Gasteiger partial charge < -0.3 is 14.3 Å². The molecule has 3 aromatic heterocycles. The van der Waals surface area contributed by atoms with Crippen LogP contribution in [0.25, 0.3) is 16.5 Å². The summed E-state index contributed by atoms with van der Waals surface area (Å²) in [5.41, 5.74) is 0.607. The molecule has 0 saturated carbocycles. The van der Waals surface area contributed by atoms with Gasteiger partial charge in [0, 0.05) is 40.9 Å². The number of hydrogen-bond acceptors (Lipinski definition) is 6. The number of carbonyl (C=O) groups is 1. The van der Waals surface area contributed by atoms with Crippen molar-refractivity contribution in [2.24, 2.45) is 7.05 Å². The van der Waals surface area contributed by atoms with E-state index in [1.165, 1.54) is 29.0 Å². The molecule has 11 heteroatoms. The number of aryl methyl sites for hydroxylation is 1. The second kappa shape index (κ2) is 8.80. The predicted molar refractivity (Wildman–Crippen MR) is 137 cm³/mol. The van der Waals surface area contributed by atoms with Crippen molar-refractivity contribution >= 4 is 48.4 Å². The smallest absolute Gasteiger partial charge is 0.356 e. The Balaban J connectivity index is 1.89. The summed E-state index contributed by atoms with van der Waals surface area (Å²) in [6, 6.07) is 4.36. The van der Waals surface area contributed by atoms with Crippen molar-refractivity contribution in [1.29, 1.82) is 0 Å². The molecule has 0 spiro atoms. The van der Waals surface area contributed by atoms with Gasteiger partial charge >= 0.3 is 5.97 Å². The number of fused-ring (bicyclic) bond motifs is 1. The van der Waals surface area contributed by atoms with Gasteiger partial charge in [-0.1, -0.05) is 12.2 Å². The summed E-state index contributed by atoms with van der Waals surface area (Å²) >= 11 is 3.47. The zero-order chi connectivity index (χ0) is 25.7. The van der Waals surface area contributed by atoms with Gasteiger partial charge in [0.2, 0.25) is 10.0 Å². The number of pyridine rings is 2. The van der Waals surface area contributed by atoms with E-state index in [1.54, 1.807) is 46.2 Å². The van der Waals surface area contributed by atoms with Crippen LogP contribution in [0.1, 0.15) is 43.2 Å². The van der Waals surface area contributed by atoms with E-state index in [9.17, 15) is 22.8 Å². The van der Waals surface area contributed by atoms with E-state index >= 15 is 0 Å². The second-order valence-corrected chi connectivity index (χ2v) is 11.6. The van der Waals surface area contributed by atoms with Gasteiger partial charge in [0.05, 0.1) is 6.61 Å². The molecule has 0 saturated heterocycles. The average molecular weight is 562 g/mol. The number of halogens is 1. The zero-order valence-electron chi connectivity index (χ0n) is 19.6. The minimum atomic E-state index is -4.34. The number of ether oxygens (including phenoxy) is 1. The van der Waals surface area contributed by atoms with Crippen LogP contribution in [-0.4, -0.2) is 39.3 Å². The van der Waals surface area contributed by atoms with Crippen LogP contribution in [0.4, 0.5) is 0 Å². The number of nitrogens with one attached hydrogen (secondary N) is 1. The monoisotopic (exact) mass is 561 g/mol. The van der Waals surface area contributed by atoms with E-state index in [0.29, 0.717) is 26.6 Å². The summed E-state index contributed by atoms with van der Waals surface area (Å²) in [4.78, 5) is 40.1. The molecule has 1 atom stereocenters. The fourth-order valence-electron chi connectivity index (χ4n) is 4.16. The summed E-state index contributed by atoms with van der Waals surface area (Å²) in [6.07, 6.45) is 6.54. The first kappa shape index (κ1) is 24.9.